The molecule has 2 aliphatic heterocycles. The van der Waals surface area contributed by atoms with Crippen molar-refractivity contribution in [1.82, 2.24) is 9.80 Å². The summed E-state index contributed by atoms with van der Waals surface area (Å²) in [6, 6.07) is 12.8. The molecule has 0 bridgehead atoms. The number of likely N-dealkylation sites (tertiary alicyclic amines) is 1. The SMILES string of the molecule is CCN(Cc1cccc(F)c1)C(=O)CN1CCCC1c1ccc2c(c1)OCCCO2. The smallest absolute Gasteiger partial charge is 0.237 e. The third-order valence-corrected chi connectivity index (χ3v) is 5.86. The minimum atomic E-state index is -0.273. The highest BCUT2D eigenvalue weighted by Gasteiger charge is 2.29. The second-order valence-corrected chi connectivity index (χ2v) is 7.92. The van der Waals surface area contributed by atoms with Gasteiger partial charge in [0.25, 0.3) is 0 Å². The molecule has 2 aromatic rings. The lowest BCUT2D eigenvalue weighted by Crippen LogP contribution is -2.39. The van der Waals surface area contributed by atoms with Gasteiger partial charge in [-0.3, -0.25) is 9.69 Å². The van der Waals surface area contributed by atoms with Gasteiger partial charge in [0.15, 0.2) is 11.5 Å². The quantitative estimate of drug-likeness (QED) is 0.714. The summed E-state index contributed by atoms with van der Waals surface area (Å²) in [6.07, 6.45) is 2.96. The van der Waals surface area contributed by atoms with Crippen molar-refractivity contribution in [1.29, 1.82) is 0 Å². The van der Waals surface area contributed by atoms with Gasteiger partial charge in [0.1, 0.15) is 5.82 Å². The van der Waals surface area contributed by atoms with E-state index >= 15 is 0 Å². The van der Waals surface area contributed by atoms with Crippen LogP contribution in [0.5, 0.6) is 11.5 Å². The van der Waals surface area contributed by atoms with Crippen molar-refractivity contribution >= 4 is 5.91 Å². The minimum absolute atomic E-state index is 0.0722. The molecular formula is C24H29FN2O3. The predicted octanol–water partition coefficient (Wildman–Crippen LogP) is 4.17. The number of nitrogens with zero attached hydrogens (tertiary/aromatic N) is 2. The Morgan fingerprint density at radius 2 is 1.97 bits per heavy atom. The molecule has 1 unspecified atom stereocenters. The van der Waals surface area contributed by atoms with Crippen LogP contribution < -0.4 is 9.47 Å². The molecule has 0 spiro atoms. The number of hydrogen-bond acceptors (Lipinski definition) is 4. The van der Waals surface area contributed by atoms with Crippen LogP contribution in [0.25, 0.3) is 0 Å². The Morgan fingerprint density at radius 1 is 1.13 bits per heavy atom. The summed E-state index contributed by atoms with van der Waals surface area (Å²) in [6.45, 7) is 5.57. The van der Waals surface area contributed by atoms with E-state index in [0.29, 0.717) is 32.8 Å². The van der Waals surface area contributed by atoms with Gasteiger partial charge in [-0.2, -0.15) is 0 Å². The molecule has 0 aromatic heterocycles. The first-order chi connectivity index (χ1) is 14.6. The van der Waals surface area contributed by atoms with Crippen molar-refractivity contribution in [3.05, 3.63) is 59.4 Å². The molecule has 4 rings (SSSR count). The van der Waals surface area contributed by atoms with Crippen LogP contribution >= 0.6 is 0 Å². The molecule has 1 amide bonds. The zero-order chi connectivity index (χ0) is 20.9. The molecule has 1 saturated heterocycles. The van der Waals surface area contributed by atoms with Gasteiger partial charge in [-0.05, 0) is 61.7 Å². The highest BCUT2D eigenvalue weighted by atomic mass is 19.1. The fourth-order valence-corrected chi connectivity index (χ4v) is 4.29. The van der Waals surface area contributed by atoms with Gasteiger partial charge in [-0.25, -0.2) is 4.39 Å². The number of benzene rings is 2. The van der Waals surface area contributed by atoms with E-state index in [1.807, 2.05) is 19.1 Å². The lowest BCUT2D eigenvalue weighted by Gasteiger charge is -2.28. The number of carbonyl (C=O) groups excluding carboxylic acids is 1. The fourth-order valence-electron chi connectivity index (χ4n) is 4.29. The summed E-state index contributed by atoms with van der Waals surface area (Å²) >= 11 is 0. The first kappa shape index (κ1) is 20.7. The van der Waals surface area contributed by atoms with Crippen molar-refractivity contribution in [3.63, 3.8) is 0 Å². The van der Waals surface area contributed by atoms with E-state index in [2.05, 4.69) is 17.0 Å². The largest absolute Gasteiger partial charge is 0.490 e. The van der Waals surface area contributed by atoms with Gasteiger partial charge in [0, 0.05) is 25.6 Å². The Bertz CT molecular complexity index is 889. The third-order valence-electron chi connectivity index (χ3n) is 5.86. The van der Waals surface area contributed by atoms with E-state index in [-0.39, 0.29) is 17.8 Å². The number of likely N-dealkylation sites (N-methyl/N-ethyl adjacent to an activating group) is 1. The molecular weight excluding hydrogens is 383 g/mol. The molecule has 2 aromatic carbocycles. The standard InChI is InChI=1S/C24H29FN2O3/c1-2-26(16-18-6-3-7-20(25)14-18)24(28)17-27-11-4-8-21(27)19-9-10-22-23(15-19)30-13-5-12-29-22/h3,6-7,9-10,14-15,21H,2,4-5,8,11-13,16-17H2,1H3. The van der Waals surface area contributed by atoms with Crippen LogP contribution in [-0.4, -0.2) is 48.6 Å². The van der Waals surface area contributed by atoms with Crippen LogP contribution in [0.3, 0.4) is 0 Å². The number of rotatable bonds is 6. The van der Waals surface area contributed by atoms with E-state index in [1.54, 1.807) is 11.0 Å². The van der Waals surface area contributed by atoms with Crippen LogP contribution in [-0.2, 0) is 11.3 Å². The van der Waals surface area contributed by atoms with E-state index in [1.165, 1.54) is 12.1 Å². The maximum Gasteiger partial charge on any atom is 0.237 e. The first-order valence-electron chi connectivity index (χ1n) is 10.8. The van der Waals surface area contributed by atoms with Crippen LogP contribution in [0.2, 0.25) is 0 Å². The maximum absolute atomic E-state index is 13.5. The summed E-state index contributed by atoms with van der Waals surface area (Å²) in [5.74, 6) is 1.39. The predicted molar refractivity (Wildman–Crippen MR) is 113 cm³/mol. The Kier molecular flexibility index (Phi) is 6.53. The number of halogens is 1. The number of hydrogen-bond donors (Lipinski definition) is 0. The lowest BCUT2D eigenvalue weighted by atomic mass is 10.0. The number of amides is 1. The Labute approximate surface area is 177 Å². The average Bonchev–Trinajstić information content (AvgIpc) is 3.07. The Balaban J connectivity index is 1.44. The second-order valence-electron chi connectivity index (χ2n) is 7.92. The molecule has 160 valence electrons. The molecule has 2 heterocycles. The number of fused-ring (bicyclic) bond motifs is 1. The zero-order valence-electron chi connectivity index (χ0n) is 17.5. The van der Waals surface area contributed by atoms with Crippen molar-refractivity contribution in [2.45, 2.75) is 38.8 Å². The van der Waals surface area contributed by atoms with Gasteiger partial charge in [-0.1, -0.05) is 18.2 Å². The lowest BCUT2D eigenvalue weighted by molar-refractivity contribution is -0.133. The highest BCUT2D eigenvalue weighted by Crippen LogP contribution is 2.37. The highest BCUT2D eigenvalue weighted by molar-refractivity contribution is 5.78. The van der Waals surface area contributed by atoms with Gasteiger partial charge in [-0.15, -0.1) is 0 Å². The Morgan fingerprint density at radius 3 is 2.77 bits per heavy atom. The molecule has 6 heteroatoms. The first-order valence-corrected chi connectivity index (χ1v) is 10.8. The average molecular weight is 413 g/mol. The van der Waals surface area contributed by atoms with E-state index in [0.717, 1.165) is 48.4 Å². The van der Waals surface area contributed by atoms with Crippen LogP contribution in [0.1, 0.15) is 43.4 Å². The summed E-state index contributed by atoms with van der Waals surface area (Å²) < 4.78 is 25.1. The fraction of sp³-hybridized carbons (Fsp3) is 0.458. The van der Waals surface area contributed by atoms with E-state index in [4.69, 9.17) is 9.47 Å². The van der Waals surface area contributed by atoms with Gasteiger partial charge in [0.2, 0.25) is 5.91 Å². The van der Waals surface area contributed by atoms with Gasteiger partial charge in [0.05, 0.1) is 19.8 Å². The second kappa shape index (κ2) is 9.47. The Hall–Kier alpha value is -2.60. The minimum Gasteiger partial charge on any atom is -0.490 e. The molecule has 1 fully saturated rings. The third kappa shape index (κ3) is 4.75. The molecule has 0 aliphatic carbocycles. The summed E-state index contributed by atoms with van der Waals surface area (Å²) in [5, 5.41) is 0. The van der Waals surface area contributed by atoms with E-state index < -0.39 is 0 Å². The van der Waals surface area contributed by atoms with Crippen molar-refractivity contribution in [2.75, 3.05) is 32.8 Å². The molecule has 5 nitrogen and oxygen atoms in total. The molecule has 0 radical (unpaired) electrons. The topological polar surface area (TPSA) is 42.0 Å². The monoisotopic (exact) mass is 412 g/mol. The van der Waals surface area contributed by atoms with E-state index in [9.17, 15) is 9.18 Å². The van der Waals surface area contributed by atoms with Gasteiger partial charge >= 0.3 is 0 Å². The molecule has 2 aliphatic rings. The maximum atomic E-state index is 13.5. The van der Waals surface area contributed by atoms with Crippen LogP contribution in [0.15, 0.2) is 42.5 Å². The summed E-state index contributed by atoms with van der Waals surface area (Å²) in [5.41, 5.74) is 1.98. The van der Waals surface area contributed by atoms with Crippen LogP contribution in [0.4, 0.5) is 4.39 Å². The van der Waals surface area contributed by atoms with Crippen molar-refractivity contribution < 1.29 is 18.7 Å². The number of ether oxygens (including phenoxy) is 2. The van der Waals surface area contributed by atoms with Crippen molar-refractivity contribution in [2.24, 2.45) is 0 Å². The number of carbonyl (C=O) groups is 1. The zero-order valence-corrected chi connectivity index (χ0v) is 17.5. The van der Waals surface area contributed by atoms with Crippen LogP contribution in [0, 0.1) is 5.82 Å². The molecule has 0 N–H and O–H groups in total. The molecule has 30 heavy (non-hydrogen) atoms. The normalized spacial score (nSPS) is 18.8. The molecule has 0 saturated carbocycles. The summed E-state index contributed by atoms with van der Waals surface area (Å²) in [7, 11) is 0. The van der Waals surface area contributed by atoms with Gasteiger partial charge < -0.3 is 14.4 Å². The summed E-state index contributed by atoms with van der Waals surface area (Å²) in [4.78, 5) is 17.1. The van der Waals surface area contributed by atoms with Crippen molar-refractivity contribution in [3.8, 4) is 11.5 Å². The molecule has 1 atom stereocenters.